The molecule has 0 saturated heterocycles. The number of nitrogens with two attached hydrogens (primary N) is 1. The first-order valence-corrected chi connectivity index (χ1v) is 10.1. The smallest absolute Gasteiger partial charge is 0.303 e. The van der Waals surface area contributed by atoms with E-state index in [4.69, 9.17) is 21.0 Å². The van der Waals surface area contributed by atoms with Crippen LogP contribution >= 0.6 is 0 Å². The molecule has 5 N–H and O–H groups in total. The van der Waals surface area contributed by atoms with Crippen molar-refractivity contribution in [2.24, 2.45) is 5.73 Å². The molecule has 9 heteroatoms. The fourth-order valence-corrected chi connectivity index (χ4v) is 3.04. The lowest BCUT2D eigenvalue weighted by molar-refractivity contribution is -0.137. The number of rotatable bonds is 11. The number of aliphatic carboxylic acids is 1. The van der Waals surface area contributed by atoms with Crippen LogP contribution in [0, 0.1) is 5.41 Å². The molecule has 0 radical (unpaired) electrons. The summed E-state index contributed by atoms with van der Waals surface area (Å²) in [6.45, 7) is 0.380. The van der Waals surface area contributed by atoms with Crippen LogP contribution < -0.4 is 14.8 Å². The summed E-state index contributed by atoms with van der Waals surface area (Å²) in [4.78, 5) is 10.5. The number of benzene rings is 2. The molecule has 1 unspecified atom stereocenters. The maximum atomic E-state index is 11.6. The number of unbranched alkanes of at least 4 members (excludes halogenated alkanes) is 2. The van der Waals surface area contributed by atoms with Gasteiger partial charge in [-0.1, -0.05) is 30.3 Å². The van der Waals surface area contributed by atoms with E-state index in [1.54, 1.807) is 24.3 Å². The zero-order valence-corrected chi connectivity index (χ0v) is 16.9. The summed E-state index contributed by atoms with van der Waals surface area (Å²) in [6, 6.07) is 12.5. The van der Waals surface area contributed by atoms with Gasteiger partial charge in [0, 0.05) is 19.0 Å². The van der Waals surface area contributed by atoms with Gasteiger partial charge >= 0.3 is 5.97 Å². The Morgan fingerprint density at radius 2 is 1.79 bits per heavy atom. The summed E-state index contributed by atoms with van der Waals surface area (Å²) < 4.78 is 28.1. The van der Waals surface area contributed by atoms with Crippen molar-refractivity contribution in [3.63, 3.8) is 0 Å². The van der Waals surface area contributed by atoms with Crippen LogP contribution in [0.25, 0.3) is 11.1 Å². The quantitative estimate of drug-likeness (QED) is 0.191. The van der Waals surface area contributed by atoms with Gasteiger partial charge in [-0.3, -0.25) is 19.1 Å². The minimum Gasteiger partial charge on any atom is -0.491 e. The summed E-state index contributed by atoms with van der Waals surface area (Å²) in [6.07, 6.45) is 2.13. The number of carbonyl (C=O) groups is 1. The second kappa shape index (κ2) is 10.6. The number of nitrogen functional groups attached to an aromatic ring is 1. The number of nitrogens with one attached hydrogen (secondary N) is 1. The monoisotopic (exact) mass is 419 g/mol. The Balaban J connectivity index is 2.16. The van der Waals surface area contributed by atoms with Gasteiger partial charge in [-0.15, -0.1) is 0 Å². The number of hydrogen-bond acceptors (Lipinski definition) is 4. The molecule has 0 aromatic heterocycles. The molecule has 29 heavy (non-hydrogen) atoms. The first-order chi connectivity index (χ1) is 13.8. The minimum atomic E-state index is -2.22. The highest BCUT2D eigenvalue weighted by Crippen LogP contribution is 2.34. The van der Waals surface area contributed by atoms with Gasteiger partial charge in [0.1, 0.15) is 11.6 Å². The first-order valence-electron chi connectivity index (χ1n) is 9.07. The van der Waals surface area contributed by atoms with Crippen molar-refractivity contribution >= 4 is 28.8 Å². The third-order valence-corrected chi connectivity index (χ3v) is 5.02. The molecule has 0 fully saturated rings. The molecule has 0 amide bonds. The average Bonchev–Trinajstić information content (AvgIpc) is 2.69. The third-order valence-electron chi connectivity index (χ3n) is 4.35. The molecule has 0 saturated carbocycles. The molecule has 0 heterocycles. The zero-order chi connectivity index (χ0) is 21.4. The van der Waals surface area contributed by atoms with E-state index in [1.165, 1.54) is 11.4 Å². The van der Waals surface area contributed by atoms with E-state index in [2.05, 4.69) is 0 Å². The summed E-state index contributed by atoms with van der Waals surface area (Å²) in [5.74, 6) is -0.357. The predicted molar refractivity (Wildman–Crippen MR) is 114 cm³/mol. The second-order valence-electron chi connectivity index (χ2n) is 6.45. The predicted octanol–water partition coefficient (Wildman–Crippen LogP) is 3.23. The highest BCUT2D eigenvalue weighted by Gasteiger charge is 2.15. The number of amidine groups is 1. The zero-order valence-electron chi connectivity index (χ0n) is 16.1. The third kappa shape index (κ3) is 6.58. The molecule has 8 nitrogen and oxygen atoms in total. The van der Waals surface area contributed by atoms with Crippen molar-refractivity contribution in [3.8, 4) is 16.9 Å². The van der Waals surface area contributed by atoms with Crippen molar-refractivity contribution < 1.29 is 23.4 Å². The van der Waals surface area contributed by atoms with E-state index in [0.717, 1.165) is 17.5 Å². The van der Waals surface area contributed by atoms with E-state index in [9.17, 15) is 13.6 Å². The molecule has 0 bridgehead atoms. The van der Waals surface area contributed by atoms with E-state index in [0.29, 0.717) is 36.4 Å². The van der Waals surface area contributed by atoms with E-state index in [-0.39, 0.29) is 12.3 Å². The van der Waals surface area contributed by atoms with Crippen LogP contribution in [0.3, 0.4) is 0 Å². The Labute approximate surface area is 172 Å². The van der Waals surface area contributed by atoms with Crippen molar-refractivity contribution in [2.75, 3.05) is 18.0 Å². The van der Waals surface area contributed by atoms with Crippen LogP contribution in [-0.2, 0) is 16.1 Å². The lowest BCUT2D eigenvalue weighted by Crippen LogP contribution is -2.20. The van der Waals surface area contributed by atoms with Gasteiger partial charge in [-0.25, -0.2) is 4.21 Å². The molecular formula is C20H25N3O5S. The maximum Gasteiger partial charge on any atom is 0.303 e. The molecule has 2 aromatic carbocycles. The van der Waals surface area contributed by atoms with Gasteiger partial charge in [-0.2, -0.15) is 0 Å². The molecule has 0 spiro atoms. The molecule has 0 aliphatic heterocycles. The average molecular weight is 420 g/mol. The molecule has 0 aliphatic rings. The largest absolute Gasteiger partial charge is 0.491 e. The van der Waals surface area contributed by atoms with Gasteiger partial charge in [0.2, 0.25) is 0 Å². The lowest BCUT2D eigenvalue weighted by Gasteiger charge is -2.20. The topological polar surface area (TPSA) is 137 Å². The summed E-state index contributed by atoms with van der Waals surface area (Å²) >= 11 is -2.22. The highest BCUT2D eigenvalue weighted by atomic mass is 32.2. The maximum absolute atomic E-state index is 11.6. The van der Waals surface area contributed by atoms with Crippen molar-refractivity contribution in [1.82, 2.24) is 0 Å². The van der Waals surface area contributed by atoms with Crippen LogP contribution in [0.1, 0.15) is 31.2 Å². The van der Waals surface area contributed by atoms with Crippen LogP contribution in [0.15, 0.2) is 42.5 Å². The molecule has 156 valence electrons. The van der Waals surface area contributed by atoms with Gasteiger partial charge in [0.25, 0.3) is 11.3 Å². The Bertz CT molecular complexity index is 886. The van der Waals surface area contributed by atoms with Gasteiger partial charge in [0.05, 0.1) is 12.3 Å². The summed E-state index contributed by atoms with van der Waals surface area (Å²) in [5, 5.41) is 16.1. The van der Waals surface area contributed by atoms with Gasteiger partial charge in [-0.05, 0) is 42.5 Å². The lowest BCUT2D eigenvalue weighted by atomic mass is 10.0. The van der Waals surface area contributed by atoms with Crippen LogP contribution in [0.5, 0.6) is 5.75 Å². The molecule has 2 aromatic rings. The van der Waals surface area contributed by atoms with Gasteiger partial charge in [0.15, 0.2) is 0 Å². The molecule has 2 rings (SSSR count). The summed E-state index contributed by atoms with van der Waals surface area (Å²) in [7, 11) is 1.49. The Hall–Kier alpha value is -2.91. The normalized spacial score (nSPS) is 11.7. The fourth-order valence-electron chi connectivity index (χ4n) is 2.73. The second-order valence-corrected chi connectivity index (χ2v) is 7.46. The summed E-state index contributed by atoms with van der Waals surface area (Å²) in [5.41, 5.74) is 8.25. The molecular weight excluding hydrogens is 394 g/mol. The Kier molecular flexibility index (Phi) is 8.17. The van der Waals surface area contributed by atoms with Crippen molar-refractivity contribution in [3.05, 3.63) is 48.0 Å². The van der Waals surface area contributed by atoms with Crippen molar-refractivity contribution in [1.29, 1.82) is 5.41 Å². The molecule has 0 aliphatic carbocycles. The minimum absolute atomic E-state index is 0.0141. The van der Waals surface area contributed by atoms with Crippen molar-refractivity contribution in [2.45, 2.75) is 25.7 Å². The van der Waals surface area contributed by atoms with Gasteiger partial charge < -0.3 is 15.6 Å². The number of carboxylic acids is 1. The van der Waals surface area contributed by atoms with E-state index >= 15 is 0 Å². The standard InChI is InChI=1S/C20H25N3O5S/c1-23(29(26)27)17-13-16(14-6-8-15(9-7-14)20(21)22)10-11-18(17)28-12-4-2-3-5-19(24)25/h6-11,13H,2-5,12H2,1H3,(H3,21,22)(H,24,25)(H,26,27). The number of nitrogens with zero attached hydrogens (tertiary/aromatic N) is 1. The fraction of sp³-hybridized carbons (Fsp3) is 0.300. The number of carboxylic acid groups (broad SMARTS) is 1. The first kappa shape index (κ1) is 22.4. The van der Waals surface area contributed by atoms with Crippen LogP contribution in [-0.4, -0.2) is 39.3 Å². The number of anilines is 1. The Morgan fingerprint density at radius 1 is 1.14 bits per heavy atom. The molecule has 1 atom stereocenters. The van der Waals surface area contributed by atoms with E-state index < -0.39 is 17.2 Å². The van der Waals surface area contributed by atoms with Crippen LogP contribution in [0.4, 0.5) is 5.69 Å². The number of hydrogen-bond donors (Lipinski definition) is 4. The number of ether oxygens (including phenoxy) is 1. The van der Waals surface area contributed by atoms with Crippen LogP contribution in [0.2, 0.25) is 0 Å². The Morgan fingerprint density at radius 3 is 2.38 bits per heavy atom. The SMILES string of the molecule is CN(c1cc(-c2ccc(C(=N)N)cc2)ccc1OCCCCCC(=O)O)S(=O)O. The highest BCUT2D eigenvalue weighted by molar-refractivity contribution is 7.80. The van der Waals surface area contributed by atoms with E-state index in [1.807, 2.05) is 18.2 Å².